The summed E-state index contributed by atoms with van der Waals surface area (Å²) in [7, 11) is 0. The number of hydrogen-bond donors (Lipinski definition) is 2. The van der Waals surface area contributed by atoms with Crippen molar-refractivity contribution in [2.24, 2.45) is 0 Å². The number of aromatic carboxylic acids is 1. The highest BCUT2D eigenvalue weighted by Crippen LogP contribution is 2.32. The summed E-state index contributed by atoms with van der Waals surface area (Å²) in [5.41, 5.74) is 3.42. The lowest BCUT2D eigenvalue weighted by Crippen LogP contribution is -2.30. The summed E-state index contributed by atoms with van der Waals surface area (Å²) in [6.07, 6.45) is 2.45. The van der Waals surface area contributed by atoms with E-state index in [0.29, 0.717) is 6.54 Å². The predicted octanol–water partition coefficient (Wildman–Crippen LogP) is 3.73. The van der Waals surface area contributed by atoms with Gasteiger partial charge in [0.05, 0.1) is 5.56 Å². The van der Waals surface area contributed by atoms with Crippen molar-refractivity contribution in [3.05, 3.63) is 70.8 Å². The van der Waals surface area contributed by atoms with Crippen molar-refractivity contribution < 1.29 is 19.4 Å². The van der Waals surface area contributed by atoms with E-state index in [2.05, 4.69) is 5.32 Å². The number of carboxylic acids is 1. The van der Waals surface area contributed by atoms with Gasteiger partial charge in [-0.15, -0.1) is 0 Å². The summed E-state index contributed by atoms with van der Waals surface area (Å²) in [6.45, 7) is 0.681. The minimum absolute atomic E-state index is 0.118. The molecule has 0 saturated heterocycles. The molecule has 3 rings (SSSR count). The van der Waals surface area contributed by atoms with Gasteiger partial charge >= 0.3 is 12.1 Å². The van der Waals surface area contributed by atoms with Crippen LogP contribution in [0.4, 0.5) is 4.79 Å². The summed E-state index contributed by atoms with van der Waals surface area (Å²) in [5.74, 6) is -0.810. The van der Waals surface area contributed by atoms with Gasteiger partial charge in [-0.1, -0.05) is 36.4 Å². The van der Waals surface area contributed by atoms with Crippen LogP contribution >= 0.6 is 0 Å². The molecule has 0 saturated carbocycles. The Labute approximate surface area is 146 Å². The Kier molecular flexibility index (Phi) is 5.33. The minimum Gasteiger partial charge on any atom is -0.478 e. The Morgan fingerprint density at radius 3 is 2.72 bits per heavy atom. The average molecular weight is 339 g/mol. The lowest BCUT2D eigenvalue weighted by atomic mass is 9.82. The first-order chi connectivity index (χ1) is 12.1. The normalized spacial score (nSPS) is 15.9. The standard InChI is InChI=1S/C20H21NO4/c22-19(23)16-10-9-15-7-4-8-17(18(15)11-16)12-21-20(24)25-13-14-5-2-1-3-6-14/h1-3,5-6,9-11,17H,4,7-8,12-13H2,(H,21,24)(H,22,23). The van der Waals surface area contributed by atoms with Gasteiger partial charge in [0.25, 0.3) is 0 Å². The molecule has 5 heteroatoms. The molecular formula is C20H21NO4. The zero-order valence-electron chi connectivity index (χ0n) is 13.9. The summed E-state index contributed by atoms with van der Waals surface area (Å²) >= 11 is 0. The molecule has 130 valence electrons. The van der Waals surface area contributed by atoms with E-state index in [1.807, 2.05) is 36.4 Å². The molecule has 1 amide bonds. The number of aryl methyl sites for hydroxylation is 1. The summed E-state index contributed by atoms with van der Waals surface area (Å²) in [6, 6.07) is 14.8. The van der Waals surface area contributed by atoms with Crippen LogP contribution in [0.25, 0.3) is 0 Å². The number of fused-ring (bicyclic) bond motifs is 1. The maximum Gasteiger partial charge on any atom is 0.407 e. The molecule has 0 heterocycles. The first kappa shape index (κ1) is 17.0. The molecule has 0 fully saturated rings. The van der Waals surface area contributed by atoms with E-state index >= 15 is 0 Å². The molecule has 0 aliphatic heterocycles. The van der Waals surface area contributed by atoms with Gasteiger partial charge in [0.1, 0.15) is 6.61 Å². The van der Waals surface area contributed by atoms with Gasteiger partial charge < -0.3 is 15.2 Å². The largest absolute Gasteiger partial charge is 0.478 e. The zero-order valence-corrected chi connectivity index (χ0v) is 13.9. The molecule has 2 aromatic rings. The third-order valence-corrected chi connectivity index (χ3v) is 4.54. The van der Waals surface area contributed by atoms with Crippen molar-refractivity contribution in [3.63, 3.8) is 0 Å². The van der Waals surface area contributed by atoms with Crippen LogP contribution in [-0.4, -0.2) is 23.7 Å². The average Bonchev–Trinajstić information content (AvgIpc) is 2.65. The van der Waals surface area contributed by atoms with Crippen molar-refractivity contribution in [2.75, 3.05) is 6.54 Å². The van der Waals surface area contributed by atoms with Crippen LogP contribution in [0.5, 0.6) is 0 Å². The number of nitrogens with one attached hydrogen (secondary N) is 1. The second-order valence-electron chi connectivity index (χ2n) is 6.25. The van der Waals surface area contributed by atoms with Gasteiger partial charge in [-0.05, 0) is 48.1 Å². The number of benzene rings is 2. The molecule has 0 radical (unpaired) electrons. The van der Waals surface area contributed by atoms with Crippen LogP contribution < -0.4 is 5.32 Å². The predicted molar refractivity (Wildman–Crippen MR) is 93.7 cm³/mol. The highest BCUT2D eigenvalue weighted by atomic mass is 16.5. The van der Waals surface area contributed by atoms with Crippen LogP contribution in [0, 0.1) is 0 Å². The number of carbonyl (C=O) groups excluding carboxylic acids is 1. The van der Waals surface area contributed by atoms with Crippen molar-refractivity contribution >= 4 is 12.1 Å². The van der Waals surface area contributed by atoms with E-state index in [1.165, 1.54) is 5.56 Å². The second kappa shape index (κ2) is 7.83. The zero-order chi connectivity index (χ0) is 17.6. The molecular weight excluding hydrogens is 318 g/mol. The first-order valence-electron chi connectivity index (χ1n) is 8.44. The molecule has 0 aromatic heterocycles. The number of carbonyl (C=O) groups is 2. The fraction of sp³-hybridized carbons (Fsp3) is 0.300. The Hall–Kier alpha value is -2.82. The van der Waals surface area contributed by atoms with Crippen LogP contribution in [0.2, 0.25) is 0 Å². The van der Waals surface area contributed by atoms with E-state index < -0.39 is 12.1 Å². The van der Waals surface area contributed by atoms with Gasteiger partial charge in [-0.2, -0.15) is 0 Å². The fourth-order valence-corrected chi connectivity index (χ4v) is 3.22. The Morgan fingerprint density at radius 1 is 1.16 bits per heavy atom. The Bertz CT molecular complexity index is 758. The topological polar surface area (TPSA) is 75.6 Å². The van der Waals surface area contributed by atoms with Gasteiger partial charge in [0.2, 0.25) is 0 Å². The van der Waals surface area contributed by atoms with E-state index in [-0.39, 0.29) is 18.1 Å². The first-order valence-corrected chi connectivity index (χ1v) is 8.44. The van der Waals surface area contributed by atoms with Crippen molar-refractivity contribution in [2.45, 2.75) is 31.8 Å². The van der Waals surface area contributed by atoms with E-state index in [9.17, 15) is 14.7 Å². The van der Waals surface area contributed by atoms with Crippen LogP contribution in [0.3, 0.4) is 0 Å². The Balaban J connectivity index is 1.58. The van der Waals surface area contributed by atoms with Crippen molar-refractivity contribution in [1.82, 2.24) is 5.32 Å². The van der Waals surface area contributed by atoms with Gasteiger partial charge in [0, 0.05) is 12.5 Å². The van der Waals surface area contributed by atoms with Gasteiger partial charge in [-0.3, -0.25) is 0 Å². The maximum atomic E-state index is 11.9. The SMILES string of the molecule is O=C(NCC1CCCc2ccc(C(=O)O)cc21)OCc1ccccc1. The molecule has 25 heavy (non-hydrogen) atoms. The number of rotatable bonds is 5. The van der Waals surface area contributed by atoms with Crippen molar-refractivity contribution in [1.29, 1.82) is 0 Å². The number of carboxylic acid groups (broad SMARTS) is 1. The number of alkyl carbamates (subject to hydrolysis) is 1. The van der Waals surface area contributed by atoms with Crippen LogP contribution in [-0.2, 0) is 17.8 Å². The van der Waals surface area contributed by atoms with Gasteiger partial charge in [-0.25, -0.2) is 9.59 Å². The molecule has 0 spiro atoms. The van der Waals surface area contributed by atoms with E-state index in [1.54, 1.807) is 12.1 Å². The molecule has 1 unspecified atom stereocenters. The molecule has 1 aliphatic rings. The number of amides is 1. The highest BCUT2D eigenvalue weighted by Gasteiger charge is 2.22. The molecule has 5 nitrogen and oxygen atoms in total. The third-order valence-electron chi connectivity index (χ3n) is 4.54. The molecule has 0 bridgehead atoms. The van der Waals surface area contributed by atoms with Gasteiger partial charge in [0.15, 0.2) is 0 Å². The second-order valence-corrected chi connectivity index (χ2v) is 6.25. The third kappa shape index (κ3) is 4.38. The minimum atomic E-state index is -0.928. The van der Waals surface area contributed by atoms with E-state index in [4.69, 9.17) is 4.74 Å². The number of hydrogen-bond acceptors (Lipinski definition) is 3. The summed E-state index contributed by atoms with van der Waals surface area (Å²) < 4.78 is 5.22. The smallest absolute Gasteiger partial charge is 0.407 e. The van der Waals surface area contributed by atoms with Crippen molar-refractivity contribution in [3.8, 4) is 0 Å². The molecule has 2 aromatic carbocycles. The molecule has 1 aliphatic carbocycles. The fourth-order valence-electron chi connectivity index (χ4n) is 3.22. The van der Waals surface area contributed by atoms with E-state index in [0.717, 1.165) is 30.4 Å². The number of ether oxygens (including phenoxy) is 1. The summed E-state index contributed by atoms with van der Waals surface area (Å²) in [4.78, 5) is 23.1. The Morgan fingerprint density at radius 2 is 1.96 bits per heavy atom. The quantitative estimate of drug-likeness (QED) is 0.870. The lowest BCUT2D eigenvalue weighted by Gasteiger charge is -2.26. The lowest BCUT2D eigenvalue weighted by molar-refractivity contribution is 0.0696. The van der Waals surface area contributed by atoms with Crippen LogP contribution in [0.15, 0.2) is 48.5 Å². The highest BCUT2D eigenvalue weighted by molar-refractivity contribution is 5.88. The van der Waals surface area contributed by atoms with Crippen LogP contribution in [0.1, 0.15) is 45.8 Å². The molecule has 1 atom stereocenters. The molecule has 2 N–H and O–H groups in total. The summed E-state index contributed by atoms with van der Waals surface area (Å²) in [5, 5.41) is 12.0. The monoisotopic (exact) mass is 339 g/mol. The maximum absolute atomic E-state index is 11.9.